The quantitative estimate of drug-likeness (QED) is 0.506. The van der Waals surface area contributed by atoms with Crippen molar-refractivity contribution in [1.82, 2.24) is 10.6 Å². The second-order valence-corrected chi connectivity index (χ2v) is 7.22. The van der Waals surface area contributed by atoms with Gasteiger partial charge in [0.05, 0.1) is 0 Å². The van der Waals surface area contributed by atoms with Gasteiger partial charge in [0.25, 0.3) is 11.8 Å². The average molecular weight is 431 g/mol. The van der Waals surface area contributed by atoms with E-state index >= 15 is 0 Å². The third-order valence-corrected chi connectivity index (χ3v) is 4.91. The fourth-order valence-corrected chi connectivity index (χ4v) is 3.16. The Bertz CT molecular complexity index is 1020. The van der Waals surface area contributed by atoms with Crippen LogP contribution in [0.15, 0.2) is 91.0 Å². The normalized spacial score (nSPS) is 12.3. The van der Waals surface area contributed by atoms with E-state index in [-0.39, 0.29) is 5.91 Å². The minimum atomic E-state index is -1.04. The molecular formula is C26H26N2O4. The number of carbonyl (C=O) groups is 3. The number of benzene rings is 3. The molecule has 0 spiro atoms. The van der Waals surface area contributed by atoms with Gasteiger partial charge in [-0.15, -0.1) is 0 Å². The zero-order valence-electron chi connectivity index (χ0n) is 17.9. The highest BCUT2D eigenvalue weighted by Gasteiger charge is 2.29. The maximum absolute atomic E-state index is 13.0. The van der Waals surface area contributed by atoms with Crippen molar-refractivity contribution in [2.45, 2.75) is 32.0 Å². The predicted molar refractivity (Wildman–Crippen MR) is 122 cm³/mol. The van der Waals surface area contributed by atoms with Crippen LogP contribution in [0, 0.1) is 0 Å². The Morgan fingerprint density at radius 1 is 0.812 bits per heavy atom. The van der Waals surface area contributed by atoms with Crippen molar-refractivity contribution in [2.24, 2.45) is 0 Å². The summed E-state index contributed by atoms with van der Waals surface area (Å²) in [6.07, 6.45) is -0.661. The first-order valence-electron chi connectivity index (χ1n) is 10.5. The van der Waals surface area contributed by atoms with Crippen LogP contribution in [-0.2, 0) is 20.9 Å². The minimum absolute atomic E-state index is 0.306. The lowest BCUT2D eigenvalue weighted by molar-refractivity contribution is -0.158. The number of amides is 2. The number of hydrogen-bond donors (Lipinski definition) is 2. The molecule has 2 atom stereocenters. The lowest BCUT2D eigenvalue weighted by Gasteiger charge is -2.22. The largest absolute Gasteiger partial charge is 0.450 e. The van der Waals surface area contributed by atoms with E-state index in [1.165, 1.54) is 0 Å². The van der Waals surface area contributed by atoms with Gasteiger partial charge in [-0.3, -0.25) is 9.59 Å². The van der Waals surface area contributed by atoms with Gasteiger partial charge >= 0.3 is 5.97 Å². The molecule has 32 heavy (non-hydrogen) atoms. The van der Waals surface area contributed by atoms with Gasteiger partial charge in [0.1, 0.15) is 0 Å². The Hall–Kier alpha value is -3.93. The van der Waals surface area contributed by atoms with E-state index < -0.39 is 24.0 Å². The van der Waals surface area contributed by atoms with Crippen molar-refractivity contribution >= 4 is 17.8 Å². The topological polar surface area (TPSA) is 84.5 Å². The van der Waals surface area contributed by atoms with Crippen LogP contribution in [0.2, 0.25) is 0 Å². The summed E-state index contributed by atoms with van der Waals surface area (Å²) in [5.41, 5.74) is 1.94. The summed E-state index contributed by atoms with van der Waals surface area (Å²) in [5.74, 6) is -1.48. The summed E-state index contributed by atoms with van der Waals surface area (Å²) in [6.45, 7) is 2.10. The third-order valence-electron chi connectivity index (χ3n) is 4.91. The van der Waals surface area contributed by atoms with Crippen LogP contribution in [-0.4, -0.2) is 23.9 Å². The summed E-state index contributed by atoms with van der Waals surface area (Å²) in [5, 5.41) is 5.53. The zero-order valence-corrected chi connectivity index (χ0v) is 17.9. The van der Waals surface area contributed by atoms with Crippen LogP contribution < -0.4 is 10.6 Å². The minimum Gasteiger partial charge on any atom is -0.450 e. The first-order valence-corrected chi connectivity index (χ1v) is 10.5. The molecule has 0 heterocycles. The zero-order chi connectivity index (χ0) is 22.8. The summed E-state index contributed by atoms with van der Waals surface area (Å²) >= 11 is 0. The van der Waals surface area contributed by atoms with E-state index in [2.05, 4.69) is 10.6 Å². The molecule has 6 heteroatoms. The molecule has 3 aromatic carbocycles. The van der Waals surface area contributed by atoms with Crippen LogP contribution in [0.5, 0.6) is 0 Å². The SMILES string of the molecule is CC[C@@H](OC(=O)[C@@H](NC(=O)c1ccccc1)c1ccccc1)C(=O)NCc1ccccc1. The molecule has 6 nitrogen and oxygen atoms in total. The molecule has 3 aromatic rings. The number of carbonyl (C=O) groups excluding carboxylic acids is 3. The predicted octanol–water partition coefficient (Wildman–Crippen LogP) is 3.80. The van der Waals surface area contributed by atoms with Crippen LogP contribution in [0.4, 0.5) is 0 Å². The molecule has 0 bridgehead atoms. The van der Waals surface area contributed by atoms with Crippen LogP contribution >= 0.6 is 0 Å². The number of rotatable bonds is 9. The molecule has 2 amide bonds. The van der Waals surface area contributed by atoms with Gasteiger partial charge in [0.2, 0.25) is 0 Å². The highest BCUT2D eigenvalue weighted by atomic mass is 16.5. The summed E-state index contributed by atoms with van der Waals surface area (Å²) in [4.78, 5) is 38.3. The maximum Gasteiger partial charge on any atom is 0.334 e. The molecule has 0 saturated heterocycles. The molecule has 0 radical (unpaired) electrons. The van der Waals surface area contributed by atoms with E-state index in [0.29, 0.717) is 24.1 Å². The number of ether oxygens (including phenoxy) is 1. The number of esters is 1. The lowest BCUT2D eigenvalue weighted by Crippen LogP contribution is -2.41. The van der Waals surface area contributed by atoms with Gasteiger partial charge in [-0.05, 0) is 29.7 Å². The van der Waals surface area contributed by atoms with Gasteiger partial charge < -0.3 is 15.4 Å². The highest BCUT2D eigenvalue weighted by Crippen LogP contribution is 2.17. The Balaban J connectivity index is 1.70. The Morgan fingerprint density at radius 3 is 1.97 bits per heavy atom. The van der Waals surface area contributed by atoms with Crippen molar-refractivity contribution in [2.75, 3.05) is 0 Å². The standard InChI is InChI=1S/C26H26N2O4/c1-2-22(25(30)27-18-19-12-6-3-7-13-19)32-26(31)23(20-14-8-4-9-15-20)28-24(29)21-16-10-5-11-17-21/h3-17,22-23H,2,18H2,1H3,(H,27,30)(H,28,29)/t22-,23+/m1/s1. The summed E-state index contributed by atoms with van der Waals surface area (Å²) in [7, 11) is 0. The Morgan fingerprint density at radius 2 is 1.38 bits per heavy atom. The number of nitrogens with one attached hydrogen (secondary N) is 2. The molecule has 0 saturated carbocycles. The van der Waals surface area contributed by atoms with E-state index in [4.69, 9.17) is 4.74 Å². The van der Waals surface area contributed by atoms with Gasteiger partial charge in [0, 0.05) is 12.1 Å². The van der Waals surface area contributed by atoms with Crippen LogP contribution in [0.3, 0.4) is 0 Å². The van der Waals surface area contributed by atoms with Gasteiger partial charge in [-0.2, -0.15) is 0 Å². The molecule has 164 valence electrons. The highest BCUT2D eigenvalue weighted by molar-refractivity contribution is 5.97. The van der Waals surface area contributed by atoms with Crippen molar-refractivity contribution in [3.8, 4) is 0 Å². The van der Waals surface area contributed by atoms with Crippen molar-refractivity contribution in [1.29, 1.82) is 0 Å². The molecule has 0 aliphatic carbocycles. The molecule has 3 rings (SSSR count). The lowest BCUT2D eigenvalue weighted by atomic mass is 10.1. The first-order chi connectivity index (χ1) is 15.6. The van der Waals surface area contributed by atoms with E-state index in [9.17, 15) is 14.4 Å². The van der Waals surface area contributed by atoms with E-state index in [0.717, 1.165) is 5.56 Å². The smallest absolute Gasteiger partial charge is 0.334 e. The average Bonchev–Trinajstić information content (AvgIpc) is 2.85. The van der Waals surface area contributed by atoms with Crippen LogP contribution in [0.1, 0.15) is 40.9 Å². The second kappa shape index (κ2) is 11.5. The van der Waals surface area contributed by atoms with E-state index in [1.54, 1.807) is 61.5 Å². The summed E-state index contributed by atoms with van der Waals surface area (Å²) < 4.78 is 5.54. The van der Waals surface area contributed by atoms with Gasteiger partial charge in [-0.1, -0.05) is 85.8 Å². The molecule has 2 N–H and O–H groups in total. The molecule has 0 aliphatic rings. The molecule has 0 aliphatic heterocycles. The third kappa shape index (κ3) is 6.28. The second-order valence-electron chi connectivity index (χ2n) is 7.22. The van der Waals surface area contributed by atoms with Crippen LogP contribution in [0.25, 0.3) is 0 Å². The molecule has 0 unspecified atom stereocenters. The fourth-order valence-electron chi connectivity index (χ4n) is 3.16. The Kier molecular flexibility index (Phi) is 8.15. The van der Waals surface area contributed by atoms with Gasteiger partial charge in [0.15, 0.2) is 12.1 Å². The first kappa shape index (κ1) is 22.7. The van der Waals surface area contributed by atoms with E-state index in [1.807, 2.05) is 36.4 Å². The van der Waals surface area contributed by atoms with Crippen molar-refractivity contribution < 1.29 is 19.1 Å². The Labute approximate surface area is 187 Å². The monoisotopic (exact) mass is 430 g/mol. The number of hydrogen-bond acceptors (Lipinski definition) is 4. The van der Waals surface area contributed by atoms with Gasteiger partial charge in [-0.25, -0.2) is 4.79 Å². The van der Waals surface area contributed by atoms with Crippen molar-refractivity contribution in [3.63, 3.8) is 0 Å². The van der Waals surface area contributed by atoms with Crippen molar-refractivity contribution in [3.05, 3.63) is 108 Å². The fraction of sp³-hybridized carbons (Fsp3) is 0.192. The summed E-state index contributed by atoms with van der Waals surface area (Å²) in [6, 6.07) is 25.9. The maximum atomic E-state index is 13.0. The molecule has 0 aromatic heterocycles. The molecule has 0 fully saturated rings. The molecular weight excluding hydrogens is 404 g/mol.